The fraction of sp³-hybridized carbons (Fsp3) is 0. The molecule has 3 aromatic carbocycles. The number of para-hydroxylation sites is 3. The first kappa shape index (κ1) is 18.5. The van der Waals surface area contributed by atoms with E-state index in [1.54, 1.807) is 20.7 Å². The molecule has 0 atom stereocenters. The Bertz CT molecular complexity index is 971. The number of nitrogens with one attached hydrogen (secondary N) is 1. The highest BCUT2D eigenvalue weighted by molar-refractivity contribution is 7.69. The van der Waals surface area contributed by atoms with Crippen LogP contribution in [0.1, 0.15) is 0 Å². The number of benzene rings is 3. The Labute approximate surface area is 170 Å². The Balaban J connectivity index is 0.00000196. The summed E-state index contributed by atoms with van der Waals surface area (Å²) in [5.41, 5.74) is 3.24. The van der Waals surface area contributed by atoms with Crippen molar-refractivity contribution in [2.75, 3.05) is 5.32 Å². The van der Waals surface area contributed by atoms with E-state index >= 15 is 0 Å². The average Bonchev–Trinajstić information content (AvgIpc) is 3.12. The third kappa shape index (κ3) is 4.27. The van der Waals surface area contributed by atoms with Gasteiger partial charge >= 0.3 is 9.93 Å². The fourth-order valence-corrected chi connectivity index (χ4v) is 4.45. The van der Waals surface area contributed by atoms with Crippen LogP contribution in [0.5, 0.6) is 0 Å². The van der Waals surface area contributed by atoms with Crippen LogP contribution in [0.25, 0.3) is 0 Å². The van der Waals surface area contributed by atoms with Crippen LogP contribution in [0.15, 0.2) is 91.0 Å². The van der Waals surface area contributed by atoms with Crippen molar-refractivity contribution >= 4 is 42.9 Å². The molecule has 0 bridgehead atoms. The minimum atomic E-state index is 0. The maximum atomic E-state index is 4.81. The van der Waals surface area contributed by atoms with E-state index in [4.69, 9.17) is 4.98 Å². The molecule has 26 heavy (non-hydrogen) atoms. The minimum Gasteiger partial charge on any atom is -1.00 e. The van der Waals surface area contributed by atoms with Crippen molar-refractivity contribution in [1.29, 1.82) is 0 Å². The molecule has 0 saturated heterocycles. The van der Waals surface area contributed by atoms with Gasteiger partial charge in [0.15, 0.2) is 0 Å². The lowest BCUT2D eigenvalue weighted by Crippen LogP contribution is -3.00. The van der Waals surface area contributed by atoms with Crippen molar-refractivity contribution < 1.29 is 17.0 Å². The molecule has 0 spiro atoms. The third-order valence-corrected chi connectivity index (χ3v) is 5.67. The summed E-state index contributed by atoms with van der Waals surface area (Å²) in [6, 6.07) is 30.8. The predicted molar refractivity (Wildman–Crippen MR) is 107 cm³/mol. The lowest BCUT2D eigenvalue weighted by atomic mass is 10.2. The first-order valence-corrected chi connectivity index (χ1v) is 10.1. The van der Waals surface area contributed by atoms with E-state index in [0.29, 0.717) is 0 Å². The van der Waals surface area contributed by atoms with Crippen molar-refractivity contribution in [2.45, 2.75) is 0 Å². The largest absolute Gasteiger partial charge is 1.00 e. The summed E-state index contributed by atoms with van der Waals surface area (Å²) in [7, 11) is 3.30. The Morgan fingerprint density at radius 2 is 1.15 bits per heavy atom. The maximum Gasteiger partial charge on any atom is 0.401 e. The first-order valence-electron chi connectivity index (χ1n) is 7.92. The zero-order valence-corrected chi connectivity index (χ0v) is 17.0. The zero-order chi connectivity index (χ0) is 16.9. The van der Waals surface area contributed by atoms with Gasteiger partial charge in [0.2, 0.25) is 0 Å². The van der Waals surface area contributed by atoms with E-state index in [1.807, 2.05) is 66.7 Å². The predicted octanol–water partition coefficient (Wildman–Crippen LogP) is 2.39. The van der Waals surface area contributed by atoms with Gasteiger partial charge in [-0.2, -0.15) is 4.58 Å². The number of rotatable bonds is 4. The summed E-state index contributed by atoms with van der Waals surface area (Å²) in [6.45, 7) is 0. The molecule has 0 aliphatic carbocycles. The van der Waals surface area contributed by atoms with Crippen LogP contribution in [0, 0.1) is 0 Å². The van der Waals surface area contributed by atoms with E-state index in [1.165, 1.54) is 0 Å². The van der Waals surface area contributed by atoms with E-state index in [9.17, 15) is 0 Å². The molecule has 1 N–H and O–H groups in total. The van der Waals surface area contributed by atoms with Gasteiger partial charge in [-0.25, -0.2) is 0 Å². The molecule has 0 fully saturated rings. The van der Waals surface area contributed by atoms with Crippen molar-refractivity contribution in [3.63, 3.8) is 0 Å². The molecule has 0 aliphatic heterocycles. The van der Waals surface area contributed by atoms with Gasteiger partial charge < -0.3 is 22.3 Å². The second-order valence-corrected chi connectivity index (χ2v) is 7.45. The second kappa shape index (κ2) is 8.89. The average molecular weight is 442 g/mol. The molecule has 0 aliphatic rings. The summed E-state index contributed by atoms with van der Waals surface area (Å²) in [5, 5.41) is 4.26. The maximum absolute atomic E-state index is 4.81. The van der Waals surface area contributed by atoms with Crippen LogP contribution >= 0.6 is 20.7 Å². The van der Waals surface area contributed by atoms with Crippen molar-refractivity contribution in [2.24, 2.45) is 0 Å². The normalized spacial score (nSPS) is 10.0. The summed E-state index contributed by atoms with van der Waals surface area (Å²) in [4.78, 5) is 5.76. The molecule has 0 amide bonds. The highest BCUT2D eigenvalue weighted by Gasteiger charge is 2.16. The van der Waals surface area contributed by atoms with E-state index in [2.05, 4.69) is 34.2 Å². The van der Waals surface area contributed by atoms with Crippen LogP contribution in [-0.4, -0.2) is 4.98 Å². The van der Waals surface area contributed by atoms with Crippen LogP contribution in [-0.2, 0) is 0 Å². The number of hydrogen-bond donors (Lipinski definition) is 1. The lowest BCUT2D eigenvalue weighted by Gasteiger charge is -2.03. The summed E-state index contributed by atoms with van der Waals surface area (Å²) < 4.78 is 2.18. The molecular formula is C20H16BrN3S2. The third-order valence-electron chi connectivity index (χ3n) is 3.64. The molecule has 0 unspecified atom stereocenters. The standard InChI is InChI=1S/C20H15N3S2.BrH/c1-4-10-16(11-5-1)21-19-22-20(25-24-19)23(17-12-6-2-7-13-17)18-14-8-3-9-15-18;/h1-15H;1H. The van der Waals surface area contributed by atoms with E-state index < -0.39 is 0 Å². The van der Waals surface area contributed by atoms with E-state index in [0.717, 1.165) is 27.0 Å². The summed E-state index contributed by atoms with van der Waals surface area (Å²) >= 11 is 0. The van der Waals surface area contributed by atoms with E-state index in [-0.39, 0.29) is 17.0 Å². The van der Waals surface area contributed by atoms with Gasteiger partial charge in [-0.05, 0) is 46.7 Å². The Morgan fingerprint density at radius 3 is 1.69 bits per heavy atom. The van der Waals surface area contributed by atoms with Gasteiger partial charge in [0.25, 0.3) is 0 Å². The Hall–Kier alpha value is -2.28. The number of nitrogens with zero attached hydrogens (tertiary/aromatic N) is 2. The first-order chi connectivity index (χ1) is 12.4. The molecule has 1 aromatic heterocycles. The zero-order valence-electron chi connectivity index (χ0n) is 13.7. The van der Waals surface area contributed by atoms with Crippen LogP contribution in [0.4, 0.5) is 22.2 Å². The molecule has 130 valence electrons. The SMILES string of the molecule is [Br-].c1ccc(Nc2nc(=[N+](c3ccccc3)c3ccccc3)ss2)cc1. The van der Waals surface area contributed by atoms with Crippen LogP contribution in [0.2, 0.25) is 0 Å². The van der Waals surface area contributed by atoms with Crippen LogP contribution < -0.4 is 31.7 Å². The summed E-state index contributed by atoms with van der Waals surface area (Å²) in [6.07, 6.45) is 0. The lowest BCUT2D eigenvalue weighted by molar-refractivity contribution is -0.00000483. The molecule has 4 rings (SSSR count). The van der Waals surface area contributed by atoms with Crippen molar-refractivity contribution in [1.82, 2.24) is 9.56 Å². The minimum absolute atomic E-state index is 0. The fourth-order valence-electron chi connectivity index (χ4n) is 2.51. The molecule has 4 aromatic rings. The van der Waals surface area contributed by atoms with Gasteiger partial charge in [0.1, 0.15) is 11.4 Å². The second-order valence-electron chi connectivity index (χ2n) is 5.36. The highest BCUT2D eigenvalue weighted by Crippen LogP contribution is 2.22. The van der Waals surface area contributed by atoms with Gasteiger partial charge in [0.05, 0.1) is 0 Å². The Kier molecular flexibility index (Phi) is 6.33. The molecule has 1 heterocycles. The summed E-state index contributed by atoms with van der Waals surface area (Å²) in [5.74, 6) is 0. The quantitative estimate of drug-likeness (QED) is 0.388. The van der Waals surface area contributed by atoms with Crippen molar-refractivity contribution in [3.05, 3.63) is 95.8 Å². The van der Waals surface area contributed by atoms with Gasteiger partial charge in [0, 0.05) is 21.0 Å². The topological polar surface area (TPSA) is 27.9 Å². The molecule has 0 radical (unpaired) electrons. The number of anilines is 2. The number of halogens is 1. The number of hydrogen-bond acceptors (Lipinski definition) is 4. The monoisotopic (exact) mass is 441 g/mol. The number of aromatic nitrogens is 1. The van der Waals surface area contributed by atoms with Crippen molar-refractivity contribution in [3.8, 4) is 0 Å². The molecule has 3 nitrogen and oxygen atoms in total. The highest BCUT2D eigenvalue weighted by atomic mass is 79.9. The molecule has 6 heteroatoms. The van der Waals surface area contributed by atoms with Gasteiger partial charge in [-0.15, -0.1) is 0 Å². The molecular weight excluding hydrogens is 426 g/mol. The smallest absolute Gasteiger partial charge is 0.401 e. The van der Waals surface area contributed by atoms with Gasteiger partial charge in [-0.3, -0.25) is 0 Å². The van der Waals surface area contributed by atoms with Gasteiger partial charge in [-0.1, -0.05) is 54.6 Å². The van der Waals surface area contributed by atoms with Crippen LogP contribution in [0.3, 0.4) is 0 Å². The molecule has 0 saturated carbocycles. The Morgan fingerprint density at radius 1 is 0.654 bits per heavy atom.